The quantitative estimate of drug-likeness (QED) is 0.576. The normalized spacial score (nSPS) is 22.7. The van der Waals surface area contributed by atoms with Crippen molar-refractivity contribution < 1.29 is 9.90 Å². The van der Waals surface area contributed by atoms with Gasteiger partial charge in [-0.05, 0) is 72.5 Å². The van der Waals surface area contributed by atoms with Gasteiger partial charge >= 0.3 is 0 Å². The van der Waals surface area contributed by atoms with Gasteiger partial charge in [-0.3, -0.25) is 19.6 Å². The molecule has 36 heavy (non-hydrogen) atoms. The Balaban J connectivity index is 1.33. The molecular weight excluding hydrogens is 448 g/mol. The number of nitrogens with zero attached hydrogens (tertiary/aromatic N) is 4. The number of amides is 1. The molecule has 5 rings (SSSR count). The third-order valence-corrected chi connectivity index (χ3v) is 7.78. The zero-order valence-corrected chi connectivity index (χ0v) is 21.3. The van der Waals surface area contributed by atoms with E-state index in [1.54, 1.807) is 19.0 Å². The summed E-state index contributed by atoms with van der Waals surface area (Å²) < 4.78 is 0. The maximum absolute atomic E-state index is 12.2. The van der Waals surface area contributed by atoms with E-state index in [9.17, 15) is 9.90 Å². The summed E-state index contributed by atoms with van der Waals surface area (Å²) >= 11 is 0. The number of aliphatic hydroxyl groups excluding tert-OH is 1. The molecule has 1 amide bonds. The number of pyridine rings is 1. The van der Waals surface area contributed by atoms with Gasteiger partial charge < -0.3 is 10.0 Å². The van der Waals surface area contributed by atoms with Gasteiger partial charge in [0.1, 0.15) is 0 Å². The average molecular weight is 485 g/mol. The van der Waals surface area contributed by atoms with Crippen LogP contribution in [0.25, 0.3) is 11.1 Å². The van der Waals surface area contributed by atoms with Gasteiger partial charge in [-0.15, -0.1) is 0 Å². The fourth-order valence-corrected chi connectivity index (χ4v) is 5.86. The SMILES string of the molecule is CN(C)C(=O)c1ccc(-c2ccc([C@@H]3[C@@H](CO)N4CCCCN(Cc5ccncc5)C[C@H]34)cc2)cc1. The molecule has 6 nitrogen and oxygen atoms in total. The number of fused-ring (bicyclic) bond motifs is 1. The third kappa shape index (κ3) is 5.07. The zero-order valence-electron chi connectivity index (χ0n) is 21.3. The van der Waals surface area contributed by atoms with E-state index >= 15 is 0 Å². The summed E-state index contributed by atoms with van der Waals surface area (Å²) in [5.41, 5.74) is 5.52. The first kappa shape index (κ1) is 24.6. The third-order valence-electron chi connectivity index (χ3n) is 7.78. The van der Waals surface area contributed by atoms with Crippen molar-refractivity contribution in [2.75, 3.05) is 40.3 Å². The fraction of sp³-hybridized carbons (Fsp3) is 0.400. The van der Waals surface area contributed by atoms with Crippen LogP contribution in [0.2, 0.25) is 0 Å². The van der Waals surface area contributed by atoms with Crippen LogP contribution in [0.15, 0.2) is 73.1 Å². The second-order valence-electron chi connectivity index (χ2n) is 10.3. The second kappa shape index (κ2) is 10.9. The molecule has 6 heteroatoms. The molecule has 0 spiro atoms. The van der Waals surface area contributed by atoms with Gasteiger partial charge in [0, 0.05) is 63.1 Å². The maximum atomic E-state index is 12.2. The molecule has 0 radical (unpaired) electrons. The van der Waals surface area contributed by atoms with Crippen molar-refractivity contribution >= 4 is 5.91 Å². The number of aliphatic hydroxyl groups is 1. The number of rotatable bonds is 6. The van der Waals surface area contributed by atoms with Crippen molar-refractivity contribution in [3.8, 4) is 11.1 Å². The summed E-state index contributed by atoms with van der Waals surface area (Å²) in [7, 11) is 3.54. The van der Waals surface area contributed by atoms with E-state index in [4.69, 9.17) is 0 Å². The minimum Gasteiger partial charge on any atom is -0.395 e. The summed E-state index contributed by atoms with van der Waals surface area (Å²) in [6.45, 7) is 4.30. The van der Waals surface area contributed by atoms with Gasteiger partial charge in [0.25, 0.3) is 5.91 Å². The predicted molar refractivity (Wildman–Crippen MR) is 143 cm³/mol. The van der Waals surface area contributed by atoms with E-state index in [2.05, 4.69) is 51.2 Å². The van der Waals surface area contributed by atoms with E-state index in [1.165, 1.54) is 17.5 Å². The lowest BCUT2D eigenvalue weighted by molar-refractivity contribution is -0.0655. The molecule has 0 saturated carbocycles. The van der Waals surface area contributed by atoms with Crippen molar-refractivity contribution in [2.45, 2.75) is 37.4 Å². The molecule has 3 atom stereocenters. The standard InChI is InChI=1S/C30H36N4O2/c1-32(2)30(36)26-11-7-24(8-12-26)23-5-9-25(10-6-23)29-27-20-33(19-22-13-15-31-16-14-22)17-3-4-18-34(27)28(29)21-35/h5-16,27-29,35H,3-4,17-21H2,1-2H3/t27-,28-,29+/m1/s1. The van der Waals surface area contributed by atoms with E-state index < -0.39 is 0 Å². The molecule has 188 valence electrons. The smallest absolute Gasteiger partial charge is 0.253 e. The highest BCUT2D eigenvalue weighted by atomic mass is 16.3. The van der Waals surface area contributed by atoms with Crippen LogP contribution in [0.3, 0.4) is 0 Å². The first-order valence-electron chi connectivity index (χ1n) is 12.9. The van der Waals surface area contributed by atoms with Crippen LogP contribution in [-0.4, -0.2) is 83.1 Å². The fourth-order valence-electron chi connectivity index (χ4n) is 5.86. The van der Waals surface area contributed by atoms with Crippen molar-refractivity contribution in [1.82, 2.24) is 19.7 Å². The van der Waals surface area contributed by atoms with Gasteiger partial charge in [-0.1, -0.05) is 36.4 Å². The van der Waals surface area contributed by atoms with Crippen molar-refractivity contribution in [2.24, 2.45) is 0 Å². The molecule has 2 aliphatic heterocycles. The molecule has 3 aromatic rings. The van der Waals surface area contributed by atoms with Crippen LogP contribution in [0, 0.1) is 0 Å². The summed E-state index contributed by atoms with van der Waals surface area (Å²) in [6.07, 6.45) is 6.09. The number of carbonyl (C=O) groups excluding carboxylic acids is 1. The molecule has 2 aromatic carbocycles. The van der Waals surface area contributed by atoms with Crippen LogP contribution in [0.5, 0.6) is 0 Å². The average Bonchev–Trinajstić information content (AvgIpc) is 2.89. The Morgan fingerprint density at radius 2 is 1.58 bits per heavy atom. The van der Waals surface area contributed by atoms with Gasteiger partial charge in [0.2, 0.25) is 0 Å². The molecular formula is C30H36N4O2. The Morgan fingerprint density at radius 1 is 0.944 bits per heavy atom. The Kier molecular flexibility index (Phi) is 7.46. The number of hydrogen-bond acceptors (Lipinski definition) is 5. The molecule has 1 N–H and O–H groups in total. The first-order chi connectivity index (χ1) is 17.5. The van der Waals surface area contributed by atoms with Gasteiger partial charge in [-0.25, -0.2) is 0 Å². The Hall–Kier alpha value is -3.06. The Bertz CT molecular complexity index is 1150. The molecule has 0 bridgehead atoms. The minimum absolute atomic E-state index is 0.0126. The maximum Gasteiger partial charge on any atom is 0.253 e. The summed E-state index contributed by atoms with van der Waals surface area (Å²) in [4.78, 5) is 23.0. The second-order valence-corrected chi connectivity index (χ2v) is 10.3. The van der Waals surface area contributed by atoms with Gasteiger partial charge in [0.15, 0.2) is 0 Å². The summed E-state index contributed by atoms with van der Waals surface area (Å²) in [5.74, 6) is 0.334. The highest BCUT2D eigenvalue weighted by Gasteiger charge is 2.49. The van der Waals surface area contributed by atoms with Crippen LogP contribution in [0.1, 0.15) is 40.2 Å². The zero-order chi connectivity index (χ0) is 25.1. The Labute approximate surface area is 214 Å². The predicted octanol–water partition coefficient (Wildman–Crippen LogP) is 3.88. The number of carbonyl (C=O) groups is 1. The van der Waals surface area contributed by atoms with Crippen molar-refractivity contribution in [3.05, 3.63) is 89.7 Å². The molecule has 2 aliphatic rings. The van der Waals surface area contributed by atoms with E-state index in [-0.39, 0.29) is 18.6 Å². The first-order valence-corrected chi connectivity index (χ1v) is 12.9. The van der Waals surface area contributed by atoms with Crippen LogP contribution >= 0.6 is 0 Å². The van der Waals surface area contributed by atoms with Crippen molar-refractivity contribution in [3.63, 3.8) is 0 Å². The van der Waals surface area contributed by atoms with Crippen LogP contribution < -0.4 is 0 Å². The topological polar surface area (TPSA) is 59.9 Å². The monoisotopic (exact) mass is 484 g/mol. The highest BCUT2D eigenvalue weighted by molar-refractivity contribution is 5.94. The molecule has 2 saturated heterocycles. The van der Waals surface area contributed by atoms with E-state index in [0.717, 1.165) is 43.7 Å². The number of benzene rings is 2. The van der Waals surface area contributed by atoms with Crippen molar-refractivity contribution in [1.29, 1.82) is 0 Å². The lowest BCUT2D eigenvalue weighted by atomic mass is 9.74. The largest absolute Gasteiger partial charge is 0.395 e. The lowest BCUT2D eigenvalue weighted by Crippen LogP contribution is -2.67. The number of hydrogen-bond donors (Lipinski definition) is 1. The van der Waals surface area contributed by atoms with Gasteiger partial charge in [0.05, 0.1) is 6.61 Å². The summed E-state index contributed by atoms with van der Waals surface area (Å²) in [6, 6.07) is 21.4. The summed E-state index contributed by atoms with van der Waals surface area (Å²) in [5, 5.41) is 10.3. The van der Waals surface area contributed by atoms with E-state index in [1.807, 2.05) is 36.7 Å². The molecule has 3 heterocycles. The van der Waals surface area contributed by atoms with E-state index in [0.29, 0.717) is 17.5 Å². The molecule has 0 aliphatic carbocycles. The lowest BCUT2D eigenvalue weighted by Gasteiger charge is -2.57. The van der Waals surface area contributed by atoms with Gasteiger partial charge in [-0.2, -0.15) is 0 Å². The minimum atomic E-state index is 0.0126. The molecule has 0 unspecified atom stereocenters. The van der Waals surface area contributed by atoms with Crippen LogP contribution in [0.4, 0.5) is 0 Å². The molecule has 1 aromatic heterocycles. The van der Waals surface area contributed by atoms with Crippen LogP contribution in [-0.2, 0) is 6.54 Å². The molecule has 2 fully saturated rings. The Morgan fingerprint density at radius 3 is 2.22 bits per heavy atom. The number of aromatic nitrogens is 1. The highest BCUT2D eigenvalue weighted by Crippen LogP contribution is 2.42.